The standard InChI is InChI=1S/C12H16FN/c1-8-5-10(3-4-11(8)13)7-14-12-6-9(12)2/h3-5,9,12,14H,6-7H2,1-2H3/t9-,12-/m1/s1. The number of hydrogen-bond acceptors (Lipinski definition) is 1. The highest BCUT2D eigenvalue weighted by atomic mass is 19.1. The predicted octanol–water partition coefficient (Wildman–Crippen LogP) is 2.63. The van der Waals surface area contributed by atoms with Gasteiger partial charge in [-0.25, -0.2) is 4.39 Å². The van der Waals surface area contributed by atoms with Gasteiger partial charge in [-0.05, 0) is 36.5 Å². The minimum absolute atomic E-state index is 0.117. The van der Waals surface area contributed by atoms with E-state index in [1.807, 2.05) is 12.1 Å². The minimum atomic E-state index is -0.117. The van der Waals surface area contributed by atoms with Gasteiger partial charge in [-0.1, -0.05) is 19.1 Å². The van der Waals surface area contributed by atoms with E-state index >= 15 is 0 Å². The Bertz CT molecular complexity index is 335. The molecule has 14 heavy (non-hydrogen) atoms. The van der Waals surface area contributed by atoms with Crippen molar-refractivity contribution in [3.63, 3.8) is 0 Å². The summed E-state index contributed by atoms with van der Waals surface area (Å²) >= 11 is 0. The van der Waals surface area contributed by atoms with E-state index in [0.29, 0.717) is 6.04 Å². The smallest absolute Gasteiger partial charge is 0.126 e. The number of nitrogens with one attached hydrogen (secondary N) is 1. The predicted molar refractivity (Wildman–Crippen MR) is 55.5 cm³/mol. The molecule has 0 saturated heterocycles. The number of rotatable bonds is 3. The molecule has 2 heteroatoms. The third-order valence-corrected chi connectivity index (χ3v) is 2.90. The first-order valence-corrected chi connectivity index (χ1v) is 5.15. The molecule has 0 aromatic heterocycles. The van der Waals surface area contributed by atoms with Gasteiger partial charge in [0, 0.05) is 12.6 Å². The summed E-state index contributed by atoms with van der Waals surface area (Å²) in [6.45, 7) is 4.91. The van der Waals surface area contributed by atoms with Crippen LogP contribution in [-0.4, -0.2) is 6.04 Å². The van der Waals surface area contributed by atoms with E-state index in [9.17, 15) is 4.39 Å². The molecule has 0 radical (unpaired) electrons. The molecule has 0 amide bonds. The molecule has 1 aliphatic rings. The van der Waals surface area contributed by atoms with Crippen molar-refractivity contribution in [3.05, 3.63) is 35.1 Å². The fourth-order valence-corrected chi connectivity index (χ4v) is 1.67. The second kappa shape index (κ2) is 3.70. The third kappa shape index (κ3) is 2.13. The van der Waals surface area contributed by atoms with Gasteiger partial charge in [-0.3, -0.25) is 0 Å². The van der Waals surface area contributed by atoms with E-state index in [-0.39, 0.29) is 5.82 Å². The van der Waals surface area contributed by atoms with Crippen molar-refractivity contribution < 1.29 is 4.39 Å². The average Bonchev–Trinajstić information content (AvgIpc) is 2.85. The van der Waals surface area contributed by atoms with Crippen LogP contribution in [0, 0.1) is 18.7 Å². The van der Waals surface area contributed by atoms with Crippen LogP contribution in [0.25, 0.3) is 0 Å². The summed E-state index contributed by atoms with van der Waals surface area (Å²) in [6, 6.07) is 5.99. The van der Waals surface area contributed by atoms with Crippen LogP contribution in [0.4, 0.5) is 4.39 Å². The first kappa shape index (κ1) is 9.66. The van der Waals surface area contributed by atoms with Crippen LogP contribution in [0.1, 0.15) is 24.5 Å². The van der Waals surface area contributed by atoms with E-state index in [1.54, 1.807) is 13.0 Å². The van der Waals surface area contributed by atoms with Crippen molar-refractivity contribution in [2.24, 2.45) is 5.92 Å². The fraction of sp³-hybridized carbons (Fsp3) is 0.500. The molecule has 1 fully saturated rings. The molecule has 2 atom stereocenters. The van der Waals surface area contributed by atoms with Gasteiger partial charge in [0.15, 0.2) is 0 Å². The van der Waals surface area contributed by atoms with Crippen molar-refractivity contribution in [3.8, 4) is 0 Å². The highest BCUT2D eigenvalue weighted by molar-refractivity contribution is 5.23. The highest BCUT2D eigenvalue weighted by Gasteiger charge is 2.31. The zero-order chi connectivity index (χ0) is 10.1. The molecule has 0 unspecified atom stereocenters. The van der Waals surface area contributed by atoms with Gasteiger partial charge < -0.3 is 5.32 Å². The van der Waals surface area contributed by atoms with Crippen molar-refractivity contribution in [1.82, 2.24) is 5.32 Å². The lowest BCUT2D eigenvalue weighted by atomic mass is 10.1. The fourth-order valence-electron chi connectivity index (χ4n) is 1.67. The number of hydrogen-bond donors (Lipinski definition) is 1. The summed E-state index contributed by atoms with van der Waals surface area (Å²) in [6.07, 6.45) is 1.28. The van der Waals surface area contributed by atoms with Crippen LogP contribution in [-0.2, 0) is 6.54 Å². The van der Waals surface area contributed by atoms with Crippen LogP contribution >= 0.6 is 0 Å². The monoisotopic (exact) mass is 193 g/mol. The normalized spacial score (nSPS) is 25.1. The molecule has 0 heterocycles. The molecule has 1 saturated carbocycles. The quantitative estimate of drug-likeness (QED) is 0.778. The molecular weight excluding hydrogens is 177 g/mol. The van der Waals surface area contributed by atoms with Gasteiger partial charge in [-0.15, -0.1) is 0 Å². The molecule has 1 N–H and O–H groups in total. The van der Waals surface area contributed by atoms with Gasteiger partial charge in [0.25, 0.3) is 0 Å². The van der Waals surface area contributed by atoms with Gasteiger partial charge in [0.2, 0.25) is 0 Å². The van der Waals surface area contributed by atoms with Gasteiger partial charge in [0.1, 0.15) is 5.82 Å². The Morgan fingerprint density at radius 1 is 1.50 bits per heavy atom. The minimum Gasteiger partial charge on any atom is -0.310 e. The Hall–Kier alpha value is -0.890. The summed E-state index contributed by atoms with van der Waals surface area (Å²) in [5.74, 6) is 0.699. The van der Waals surface area contributed by atoms with Crippen LogP contribution in [0.2, 0.25) is 0 Å². The average molecular weight is 193 g/mol. The molecule has 0 spiro atoms. The molecule has 1 nitrogen and oxygen atoms in total. The number of halogens is 1. The van der Waals surface area contributed by atoms with Gasteiger partial charge in [-0.2, -0.15) is 0 Å². The SMILES string of the molecule is Cc1cc(CN[C@@H]2C[C@H]2C)ccc1F. The molecule has 1 aliphatic carbocycles. The number of benzene rings is 1. The van der Waals surface area contributed by atoms with Crippen LogP contribution in [0.15, 0.2) is 18.2 Å². The number of aryl methyl sites for hydroxylation is 1. The first-order valence-electron chi connectivity index (χ1n) is 5.15. The summed E-state index contributed by atoms with van der Waals surface area (Å²) in [5, 5.41) is 3.45. The first-order chi connectivity index (χ1) is 6.66. The highest BCUT2D eigenvalue weighted by Crippen LogP contribution is 2.29. The Balaban J connectivity index is 1.92. The summed E-state index contributed by atoms with van der Waals surface area (Å²) in [7, 11) is 0. The molecule has 1 aromatic rings. The molecule has 0 bridgehead atoms. The van der Waals surface area contributed by atoms with E-state index in [4.69, 9.17) is 0 Å². The van der Waals surface area contributed by atoms with E-state index in [2.05, 4.69) is 12.2 Å². The van der Waals surface area contributed by atoms with Crippen molar-refractivity contribution >= 4 is 0 Å². The van der Waals surface area contributed by atoms with Gasteiger partial charge >= 0.3 is 0 Å². The van der Waals surface area contributed by atoms with Crippen LogP contribution in [0.5, 0.6) is 0 Å². The van der Waals surface area contributed by atoms with Crippen LogP contribution in [0.3, 0.4) is 0 Å². The second-order valence-electron chi connectivity index (χ2n) is 4.28. The Kier molecular flexibility index (Phi) is 2.55. The Morgan fingerprint density at radius 2 is 2.21 bits per heavy atom. The lowest BCUT2D eigenvalue weighted by Crippen LogP contribution is -2.17. The lowest BCUT2D eigenvalue weighted by molar-refractivity contribution is 0.613. The Morgan fingerprint density at radius 3 is 2.79 bits per heavy atom. The Labute approximate surface area is 84.3 Å². The van der Waals surface area contributed by atoms with E-state index < -0.39 is 0 Å². The summed E-state index contributed by atoms with van der Waals surface area (Å²) < 4.78 is 13.0. The summed E-state index contributed by atoms with van der Waals surface area (Å²) in [5.41, 5.74) is 1.90. The van der Waals surface area contributed by atoms with Crippen molar-refractivity contribution in [1.29, 1.82) is 0 Å². The van der Waals surface area contributed by atoms with E-state index in [0.717, 1.165) is 18.0 Å². The maximum Gasteiger partial charge on any atom is 0.126 e. The topological polar surface area (TPSA) is 12.0 Å². The molecular formula is C12H16FN. The van der Waals surface area contributed by atoms with Crippen molar-refractivity contribution in [2.75, 3.05) is 0 Å². The third-order valence-electron chi connectivity index (χ3n) is 2.90. The van der Waals surface area contributed by atoms with Gasteiger partial charge in [0.05, 0.1) is 0 Å². The molecule has 2 rings (SSSR count). The molecule has 76 valence electrons. The summed E-state index contributed by atoms with van der Waals surface area (Å²) in [4.78, 5) is 0. The largest absolute Gasteiger partial charge is 0.310 e. The zero-order valence-corrected chi connectivity index (χ0v) is 8.68. The van der Waals surface area contributed by atoms with E-state index in [1.165, 1.54) is 12.0 Å². The van der Waals surface area contributed by atoms with Crippen LogP contribution < -0.4 is 5.32 Å². The maximum atomic E-state index is 13.0. The molecule has 0 aliphatic heterocycles. The zero-order valence-electron chi connectivity index (χ0n) is 8.68. The van der Waals surface area contributed by atoms with Crippen molar-refractivity contribution in [2.45, 2.75) is 32.9 Å². The lowest BCUT2D eigenvalue weighted by Gasteiger charge is -2.05. The molecule has 1 aromatic carbocycles. The second-order valence-corrected chi connectivity index (χ2v) is 4.28. The maximum absolute atomic E-state index is 13.0.